The van der Waals surface area contributed by atoms with Gasteiger partial charge in [-0.15, -0.1) is 0 Å². The number of allylic oxidation sites excluding steroid dienone is 1. The lowest BCUT2D eigenvalue weighted by Crippen LogP contribution is -2.39. The average molecular weight is 277 g/mol. The number of piperidine rings is 1. The second kappa shape index (κ2) is 5.88. The molecule has 1 N–H and O–H groups in total. The van der Waals surface area contributed by atoms with Crippen molar-refractivity contribution in [3.8, 4) is 0 Å². The largest absolute Gasteiger partial charge is 0.462 e. The molecule has 3 nitrogen and oxygen atoms in total. The van der Waals surface area contributed by atoms with Gasteiger partial charge < -0.3 is 10.1 Å². The minimum Gasteiger partial charge on any atom is -0.462 e. The zero-order chi connectivity index (χ0) is 14.1. The zero-order valence-corrected chi connectivity index (χ0v) is 12.7. The van der Waals surface area contributed by atoms with E-state index in [1.807, 2.05) is 0 Å². The highest BCUT2D eigenvalue weighted by Gasteiger charge is 2.47. The van der Waals surface area contributed by atoms with E-state index in [0.717, 1.165) is 12.8 Å². The monoisotopic (exact) mass is 277 g/mol. The Morgan fingerprint density at radius 2 is 1.90 bits per heavy atom. The van der Waals surface area contributed by atoms with E-state index in [1.165, 1.54) is 25.7 Å². The zero-order valence-electron chi connectivity index (χ0n) is 12.7. The number of rotatable bonds is 2. The molecule has 3 heteroatoms. The molecular weight excluding hydrogens is 250 g/mol. The Hall–Kier alpha value is -0.830. The molecule has 20 heavy (non-hydrogen) atoms. The highest BCUT2D eigenvalue weighted by atomic mass is 16.6. The van der Waals surface area contributed by atoms with Crippen molar-refractivity contribution in [2.24, 2.45) is 17.8 Å². The summed E-state index contributed by atoms with van der Waals surface area (Å²) >= 11 is 0. The molecule has 0 aromatic rings. The van der Waals surface area contributed by atoms with Gasteiger partial charge in [-0.05, 0) is 45.4 Å². The first kappa shape index (κ1) is 14.1. The summed E-state index contributed by atoms with van der Waals surface area (Å²) in [6.07, 6.45) is 12.1. The summed E-state index contributed by atoms with van der Waals surface area (Å²) in [5, 5.41) is 3.65. The fourth-order valence-corrected chi connectivity index (χ4v) is 4.39. The Kier molecular flexibility index (Phi) is 4.16. The fraction of sp³-hybridized carbons (Fsp3) is 0.824. The van der Waals surface area contributed by atoms with Crippen molar-refractivity contribution in [3.05, 3.63) is 12.2 Å². The molecule has 2 heterocycles. The van der Waals surface area contributed by atoms with Gasteiger partial charge in [0, 0.05) is 18.0 Å². The number of cyclic esters (lactones) is 1. The van der Waals surface area contributed by atoms with Gasteiger partial charge in [0.05, 0.1) is 5.92 Å². The molecule has 3 aliphatic rings. The summed E-state index contributed by atoms with van der Waals surface area (Å²) in [5.74, 6) is 1.14. The van der Waals surface area contributed by atoms with E-state index < -0.39 is 0 Å². The summed E-state index contributed by atoms with van der Waals surface area (Å²) in [4.78, 5) is 11.9. The molecule has 3 fully saturated rings. The minimum absolute atomic E-state index is 0.0463. The molecule has 0 aromatic heterocycles. The smallest absolute Gasteiger partial charge is 0.309 e. The highest BCUT2D eigenvalue weighted by Crippen LogP contribution is 2.43. The number of ether oxygens (including phenoxy) is 1. The Morgan fingerprint density at radius 1 is 1.10 bits per heavy atom. The first-order chi connectivity index (χ1) is 9.65. The van der Waals surface area contributed by atoms with Crippen LogP contribution in [-0.2, 0) is 9.53 Å². The van der Waals surface area contributed by atoms with E-state index in [0.29, 0.717) is 23.9 Å². The van der Waals surface area contributed by atoms with Crippen LogP contribution in [0, 0.1) is 17.8 Å². The first-order valence-corrected chi connectivity index (χ1v) is 8.30. The van der Waals surface area contributed by atoms with Gasteiger partial charge in [0.2, 0.25) is 0 Å². The third-order valence-corrected chi connectivity index (χ3v) is 5.40. The van der Waals surface area contributed by atoms with E-state index in [1.54, 1.807) is 0 Å². The number of carbonyl (C=O) groups is 1. The second-order valence-corrected chi connectivity index (χ2v) is 6.91. The average Bonchev–Trinajstić information content (AvgIpc) is 2.73. The topological polar surface area (TPSA) is 38.3 Å². The quantitative estimate of drug-likeness (QED) is 0.623. The third-order valence-electron chi connectivity index (χ3n) is 5.40. The van der Waals surface area contributed by atoms with Crippen LogP contribution in [0.2, 0.25) is 0 Å². The summed E-state index contributed by atoms with van der Waals surface area (Å²) < 4.78 is 5.46. The van der Waals surface area contributed by atoms with Gasteiger partial charge in [0.15, 0.2) is 0 Å². The van der Waals surface area contributed by atoms with Crippen LogP contribution in [0.25, 0.3) is 0 Å². The molecule has 2 aliphatic heterocycles. The molecule has 6 atom stereocenters. The number of carbonyl (C=O) groups excluding carboxylic acids is 1. The highest BCUT2D eigenvalue weighted by molar-refractivity contribution is 5.75. The van der Waals surface area contributed by atoms with Crippen LogP contribution >= 0.6 is 0 Å². The van der Waals surface area contributed by atoms with E-state index in [4.69, 9.17) is 4.74 Å². The summed E-state index contributed by atoms with van der Waals surface area (Å²) in [5.41, 5.74) is 0. The van der Waals surface area contributed by atoms with Crippen LogP contribution in [0.5, 0.6) is 0 Å². The second-order valence-electron chi connectivity index (χ2n) is 6.91. The summed E-state index contributed by atoms with van der Waals surface area (Å²) in [6.45, 7) is 4.33. The van der Waals surface area contributed by atoms with Crippen molar-refractivity contribution in [2.75, 3.05) is 0 Å². The van der Waals surface area contributed by atoms with Crippen LogP contribution in [-0.4, -0.2) is 24.2 Å². The fourth-order valence-electron chi connectivity index (χ4n) is 4.39. The Labute approximate surface area is 122 Å². The normalized spacial score (nSPS) is 45.4. The Balaban J connectivity index is 1.65. The molecule has 0 aromatic carbocycles. The minimum atomic E-state index is 0.0463. The van der Waals surface area contributed by atoms with Crippen molar-refractivity contribution in [1.29, 1.82) is 0 Å². The lowest BCUT2D eigenvalue weighted by molar-refractivity contribution is -0.143. The third kappa shape index (κ3) is 2.78. The number of esters is 1. The van der Waals surface area contributed by atoms with Crippen molar-refractivity contribution < 1.29 is 9.53 Å². The Bertz CT molecular complexity index is 392. The van der Waals surface area contributed by atoms with Gasteiger partial charge >= 0.3 is 5.97 Å². The van der Waals surface area contributed by atoms with E-state index in [-0.39, 0.29) is 18.0 Å². The lowest BCUT2D eigenvalue weighted by atomic mass is 9.71. The molecule has 1 aliphatic carbocycles. The van der Waals surface area contributed by atoms with E-state index in [2.05, 4.69) is 31.3 Å². The van der Waals surface area contributed by atoms with E-state index >= 15 is 0 Å². The van der Waals surface area contributed by atoms with Crippen LogP contribution in [0.3, 0.4) is 0 Å². The SMILES string of the molecule is CC1OC(=O)C2CCCC(/C=C/[C@H]3CCC[C@H](C)N3)C12. The van der Waals surface area contributed by atoms with Crippen molar-refractivity contribution in [3.63, 3.8) is 0 Å². The number of fused-ring (bicyclic) bond motifs is 1. The molecule has 3 rings (SSSR count). The predicted molar refractivity (Wildman–Crippen MR) is 79.3 cm³/mol. The van der Waals surface area contributed by atoms with Crippen molar-refractivity contribution >= 4 is 5.97 Å². The standard InChI is InChI=1S/C17H27NO2/c1-11-5-3-7-14(18-11)10-9-13-6-4-8-15-16(13)12(2)20-17(15)19/h9-16,18H,3-8H2,1-2H3/b10-9+/t11-,12?,13?,14+,15?,16?/m0/s1. The van der Waals surface area contributed by atoms with Crippen molar-refractivity contribution in [2.45, 2.75) is 70.6 Å². The van der Waals surface area contributed by atoms with Gasteiger partial charge in [0.1, 0.15) is 6.10 Å². The number of hydrogen-bond acceptors (Lipinski definition) is 3. The molecule has 2 saturated heterocycles. The van der Waals surface area contributed by atoms with Crippen molar-refractivity contribution in [1.82, 2.24) is 5.32 Å². The van der Waals surface area contributed by atoms with Gasteiger partial charge in [-0.2, -0.15) is 0 Å². The summed E-state index contributed by atoms with van der Waals surface area (Å²) in [7, 11) is 0. The maximum atomic E-state index is 11.9. The molecular formula is C17H27NO2. The molecule has 0 spiro atoms. The molecule has 0 bridgehead atoms. The molecule has 112 valence electrons. The van der Waals surface area contributed by atoms with Gasteiger partial charge in [0.25, 0.3) is 0 Å². The van der Waals surface area contributed by atoms with E-state index in [9.17, 15) is 4.79 Å². The maximum absolute atomic E-state index is 11.9. The number of hydrogen-bond donors (Lipinski definition) is 1. The van der Waals surface area contributed by atoms with Crippen LogP contribution in [0.15, 0.2) is 12.2 Å². The first-order valence-electron chi connectivity index (χ1n) is 8.30. The van der Waals surface area contributed by atoms with Crippen LogP contribution < -0.4 is 5.32 Å². The maximum Gasteiger partial charge on any atom is 0.309 e. The number of nitrogens with one attached hydrogen (secondary N) is 1. The Morgan fingerprint density at radius 3 is 2.70 bits per heavy atom. The van der Waals surface area contributed by atoms with Gasteiger partial charge in [-0.25, -0.2) is 0 Å². The molecule has 0 amide bonds. The molecule has 1 saturated carbocycles. The predicted octanol–water partition coefficient (Wildman–Crippen LogP) is 3.05. The van der Waals surface area contributed by atoms with Crippen LogP contribution in [0.1, 0.15) is 52.4 Å². The molecule has 0 radical (unpaired) electrons. The van der Waals surface area contributed by atoms with Gasteiger partial charge in [-0.1, -0.05) is 25.0 Å². The summed E-state index contributed by atoms with van der Waals surface area (Å²) in [6, 6.07) is 1.15. The molecule has 4 unspecified atom stereocenters. The van der Waals surface area contributed by atoms with Gasteiger partial charge in [-0.3, -0.25) is 4.79 Å². The van der Waals surface area contributed by atoms with Crippen LogP contribution in [0.4, 0.5) is 0 Å². The lowest BCUT2D eigenvalue weighted by Gasteiger charge is -2.32.